The summed E-state index contributed by atoms with van der Waals surface area (Å²) < 4.78 is 27.2. The highest BCUT2D eigenvalue weighted by Crippen LogP contribution is 2.16. The number of carbonyl (C=O) groups excluding carboxylic acids is 1. The number of nitrogens with one attached hydrogen (secondary N) is 2. The number of halogens is 1. The third-order valence-corrected chi connectivity index (χ3v) is 5.15. The Kier molecular flexibility index (Phi) is 6.35. The van der Waals surface area contributed by atoms with E-state index < -0.39 is 10.0 Å². The first-order valence-electron chi connectivity index (χ1n) is 7.59. The van der Waals surface area contributed by atoms with Crippen molar-refractivity contribution in [2.75, 3.05) is 30.9 Å². The molecule has 1 aliphatic rings. The minimum Gasteiger partial charge on any atom is -0.336 e. The summed E-state index contributed by atoms with van der Waals surface area (Å²) in [4.78, 5) is 18.1. The van der Waals surface area contributed by atoms with Gasteiger partial charge in [0.1, 0.15) is 0 Å². The van der Waals surface area contributed by atoms with Crippen LogP contribution in [0.1, 0.15) is 10.4 Å². The second kappa shape index (κ2) is 8.28. The molecule has 3 rings (SSSR count). The predicted octanol–water partition coefficient (Wildman–Crippen LogP) is 1.35. The van der Waals surface area contributed by atoms with Gasteiger partial charge in [0, 0.05) is 44.1 Å². The van der Waals surface area contributed by atoms with E-state index in [2.05, 4.69) is 15.0 Å². The van der Waals surface area contributed by atoms with Gasteiger partial charge in [-0.25, -0.2) is 8.42 Å². The molecule has 1 saturated heterocycles. The Balaban J connectivity index is 0.00000225. The van der Waals surface area contributed by atoms with Gasteiger partial charge in [-0.15, -0.1) is 12.4 Å². The summed E-state index contributed by atoms with van der Waals surface area (Å²) in [6.07, 6.45) is 3.01. The zero-order chi connectivity index (χ0) is 17.0. The van der Waals surface area contributed by atoms with E-state index in [1.54, 1.807) is 29.2 Å². The number of hydrogen-bond acceptors (Lipinski definition) is 5. The van der Waals surface area contributed by atoms with Crippen molar-refractivity contribution in [3.8, 4) is 0 Å². The van der Waals surface area contributed by atoms with Crippen LogP contribution in [0.2, 0.25) is 0 Å². The van der Waals surface area contributed by atoms with Gasteiger partial charge in [-0.1, -0.05) is 0 Å². The van der Waals surface area contributed by atoms with E-state index in [9.17, 15) is 13.2 Å². The number of hydrogen-bond donors (Lipinski definition) is 2. The second-order valence-electron chi connectivity index (χ2n) is 5.41. The molecule has 7 nitrogen and oxygen atoms in total. The third kappa shape index (κ3) is 4.68. The van der Waals surface area contributed by atoms with Crippen molar-refractivity contribution < 1.29 is 13.2 Å². The van der Waals surface area contributed by atoms with E-state index in [1.807, 2.05) is 0 Å². The fraction of sp³-hybridized carbons (Fsp3) is 0.250. The SMILES string of the molecule is Cl.O=C(c1ccc(S(=O)(=O)Nc2ccncc2)cc1)N1CCNCC1. The van der Waals surface area contributed by atoms with E-state index in [-0.39, 0.29) is 23.2 Å². The first kappa shape index (κ1) is 19.2. The maximum absolute atomic E-state index is 12.4. The number of carbonyl (C=O) groups is 1. The van der Waals surface area contributed by atoms with Crippen LogP contribution in [0.3, 0.4) is 0 Å². The number of piperazine rings is 1. The molecule has 0 saturated carbocycles. The van der Waals surface area contributed by atoms with E-state index in [1.165, 1.54) is 24.5 Å². The molecule has 0 aliphatic carbocycles. The Morgan fingerprint density at radius 3 is 2.24 bits per heavy atom. The monoisotopic (exact) mass is 382 g/mol. The minimum absolute atomic E-state index is 0. The Bertz CT molecular complexity index is 807. The lowest BCUT2D eigenvalue weighted by atomic mass is 10.2. The Labute approximate surface area is 152 Å². The maximum atomic E-state index is 12.4. The molecule has 1 aromatic carbocycles. The number of pyridine rings is 1. The van der Waals surface area contributed by atoms with Gasteiger partial charge in [-0.05, 0) is 36.4 Å². The molecule has 134 valence electrons. The molecule has 2 N–H and O–H groups in total. The molecule has 1 aromatic heterocycles. The molecule has 0 spiro atoms. The number of rotatable bonds is 4. The summed E-state index contributed by atoms with van der Waals surface area (Å²) in [5.41, 5.74) is 0.922. The van der Waals surface area contributed by atoms with E-state index in [0.717, 1.165) is 13.1 Å². The molecule has 0 unspecified atom stereocenters. The lowest BCUT2D eigenvalue weighted by Crippen LogP contribution is -2.46. The number of nitrogens with zero attached hydrogens (tertiary/aromatic N) is 2. The highest BCUT2D eigenvalue weighted by molar-refractivity contribution is 7.92. The molecule has 1 fully saturated rings. The Morgan fingerprint density at radius 1 is 1.04 bits per heavy atom. The van der Waals surface area contributed by atoms with Crippen molar-refractivity contribution in [3.63, 3.8) is 0 Å². The molecule has 0 radical (unpaired) electrons. The second-order valence-corrected chi connectivity index (χ2v) is 7.09. The lowest BCUT2D eigenvalue weighted by molar-refractivity contribution is 0.0735. The van der Waals surface area contributed by atoms with Crippen molar-refractivity contribution in [2.45, 2.75) is 4.90 Å². The van der Waals surface area contributed by atoms with Crippen molar-refractivity contribution in [2.24, 2.45) is 0 Å². The molecule has 1 amide bonds. The van der Waals surface area contributed by atoms with Gasteiger partial charge in [-0.3, -0.25) is 14.5 Å². The van der Waals surface area contributed by atoms with E-state index in [4.69, 9.17) is 0 Å². The predicted molar refractivity (Wildman–Crippen MR) is 97.5 cm³/mol. The summed E-state index contributed by atoms with van der Waals surface area (Å²) in [7, 11) is -3.69. The fourth-order valence-corrected chi connectivity index (χ4v) is 3.52. The minimum atomic E-state index is -3.69. The van der Waals surface area contributed by atoms with Crippen LogP contribution in [-0.2, 0) is 10.0 Å². The highest BCUT2D eigenvalue weighted by Gasteiger charge is 2.19. The summed E-state index contributed by atoms with van der Waals surface area (Å²) in [5, 5.41) is 3.19. The van der Waals surface area contributed by atoms with Gasteiger partial charge in [-0.2, -0.15) is 0 Å². The van der Waals surface area contributed by atoms with Gasteiger partial charge < -0.3 is 10.2 Å². The van der Waals surface area contributed by atoms with Crippen molar-refractivity contribution in [1.29, 1.82) is 0 Å². The van der Waals surface area contributed by atoms with Crippen LogP contribution in [0.4, 0.5) is 5.69 Å². The quantitative estimate of drug-likeness (QED) is 0.832. The molecule has 2 aromatic rings. The van der Waals surface area contributed by atoms with Gasteiger partial charge >= 0.3 is 0 Å². The molecular weight excluding hydrogens is 364 g/mol. The van der Waals surface area contributed by atoms with Gasteiger partial charge in [0.15, 0.2) is 0 Å². The average molecular weight is 383 g/mol. The first-order chi connectivity index (χ1) is 11.6. The molecule has 25 heavy (non-hydrogen) atoms. The van der Waals surface area contributed by atoms with Crippen molar-refractivity contribution in [1.82, 2.24) is 15.2 Å². The summed E-state index contributed by atoms with van der Waals surface area (Å²) in [6, 6.07) is 9.12. The van der Waals surface area contributed by atoms with Crippen LogP contribution >= 0.6 is 12.4 Å². The standard InChI is InChI=1S/C16H18N4O3S.ClH/c21-16(20-11-9-18-10-12-20)13-1-3-15(4-2-13)24(22,23)19-14-5-7-17-8-6-14;/h1-8,18H,9-12H2,(H,17,19);1H. The van der Waals surface area contributed by atoms with Gasteiger partial charge in [0.25, 0.3) is 15.9 Å². The van der Waals surface area contributed by atoms with Crippen LogP contribution in [-0.4, -0.2) is 50.4 Å². The van der Waals surface area contributed by atoms with Crippen LogP contribution in [0.5, 0.6) is 0 Å². The van der Waals surface area contributed by atoms with Gasteiger partial charge in [0.05, 0.1) is 10.6 Å². The molecule has 0 atom stereocenters. The number of anilines is 1. The molecule has 2 heterocycles. The normalized spacial score (nSPS) is 14.5. The molecule has 1 aliphatic heterocycles. The summed E-state index contributed by atoms with van der Waals surface area (Å²) in [6.45, 7) is 2.85. The number of amides is 1. The van der Waals surface area contributed by atoms with Crippen molar-refractivity contribution in [3.05, 3.63) is 54.4 Å². The number of benzene rings is 1. The summed E-state index contributed by atoms with van der Waals surface area (Å²) >= 11 is 0. The summed E-state index contributed by atoms with van der Waals surface area (Å²) in [5.74, 6) is -0.0810. The topological polar surface area (TPSA) is 91.4 Å². The van der Waals surface area contributed by atoms with Crippen molar-refractivity contribution >= 4 is 34.0 Å². The lowest BCUT2D eigenvalue weighted by Gasteiger charge is -2.27. The Morgan fingerprint density at radius 2 is 1.64 bits per heavy atom. The maximum Gasteiger partial charge on any atom is 0.261 e. The van der Waals surface area contributed by atoms with Crippen LogP contribution in [0, 0.1) is 0 Å². The molecule has 0 bridgehead atoms. The largest absolute Gasteiger partial charge is 0.336 e. The van der Waals surface area contributed by atoms with Crippen LogP contribution in [0.15, 0.2) is 53.7 Å². The van der Waals surface area contributed by atoms with Crippen LogP contribution < -0.4 is 10.0 Å². The van der Waals surface area contributed by atoms with E-state index >= 15 is 0 Å². The van der Waals surface area contributed by atoms with Gasteiger partial charge in [0.2, 0.25) is 0 Å². The van der Waals surface area contributed by atoms with E-state index in [0.29, 0.717) is 24.3 Å². The highest BCUT2D eigenvalue weighted by atomic mass is 35.5. The number of aromatic nitrogens is 1. The first-order valence-corrected chi connectivity index (χ1v) is 9.07. The molecular formula is C16H19ClN4O3S. The molecule has 9 heteroatoms. The number of sulfonamides is 1. The van der Waals surface area contributed by atoms with Crippen LogP contribution in [0.25, 0.3) is 0 Å². The zero-order valence-corrected chi connectivity index (χ0v) is 15.0. The third-order valence-electron chi connectivity index (χ3n) is 3.75. The average Bonchev–Trinajstić information content (AvgIpc) is 2.62. The Hall–Kier alpha value is -2.16. The smallest absolute Gasteiger partial charge is 0.261 e. The fourth-order valence-electron chi connectivity index (χ4n) is 2.46. The zero-order valence-electron chi connectivity index (χ0n) is 13.4.